The summed E-state index contributed by atoms with van der Waals surface area (Å²) in [6, 6.07) is 11.4. The van der Waals surface area contributed by atoms with Crippen LogP contribution in [0.4, 0.5) is 11.8 Å². The monoisotopic (exact) mass is 381 g/mol. The van der Waals surface area contributed by atoms with Crippen LogP contribution in [0.2, 0.25) is 0 Å². The van der Waals surface area contributed by atoms with E-state index in [4.69, 9.17) is 9.72 Å². The summed E-state index contributed by atoms with van der Waals surface area (Å²) in [4.78, 5) is 16.5. The van der Waals surface area contributed by atoms with E-state index < -0.39 is 0 Å². The van der Waals surface area contributed by atoms with E-state index in [0.29, 0.717) is 6.04 Å². The minimum Gasteiger partial charge on any atom is -0.378 e. The number of aryl methyl sites for hydroxylation is 1. The Bertz CT molecular complexity index is 760. The molecule has 0 N–H and O–H groups in total. The van der Waals surface area contributed by atoms with E-state index in [0.717, 1.165) is 51.2 Å². The van der Waals surface area contributed by atoms with Crippen LogP contribution in [-0.2, 0) is 11.3 Å². The van der Waals surface area contributed by atoms with Gasteiger partial charge in [0.15, 0.2) is 0 Å². The number of hydrogen-bond acceptors (Lipinski definition) is 6. The lowest BCUT2D eigenvalue weighted by atomic mass is 10.0. The lowest BCUT2D eigenvalue weighted by molar-refractivity contribution is 0.122. The standard InChI is InChI=1S/C22H31N5O/c1-18-5-7-19(8-6-18)16-26-11-3-4-20(17-26)25(2)21-9-10-23-22(24-21)27-12-14-28-15-13-27/h5-10,20H,3-4,11-17H2,1-2H3. The highest BCUT2D eigenvalue weighted by molar-refractivity contribution is 5.44. The minimum absolute atomic E-state index is 0.478. The highest BCUT2D eigenvalue weighted by Crippen LogP contribution is 2.23. The van der Waals surface area contributed by atoms with Crippen LogP contribution in [0.5, 0.6) is 0 Å². The minimum atomic E-state index is 0.478. The Morgan fingerprint density at radius 3 is 2.68 bits per heavy atom. The molecule has 1 aromatic carbocycles. The van der Waals surface area contributed by atoms with Crippen LogP contribution >= 0.6 is 0 Å². The summed E-state index contributed by atoms with van der Waals surface area (Å²) in [6.45, 7) is 8.63. The third-order valence-corrected chi connectivity index (χ3v) is 5.84. The summed E-state index contributed by atoms with van der Waals surface area (Å²) in [5.41, 5.74) is 2.71. The summed E-state index contributed by atoms with van der Waals surface area (Å²) < 4.78 is 5.45. The van der Waals surface area contributed by atoms with Crippen molar-refractivity contribution in [1.29, 1.82) is 0 Å². The van der Waals surface area contributed by atoms with Crippen molar-refractivity contribution in [3.05, 3.63) is 47.7 Å². The van der Waals surface area contributed by atoms with E-state index in [1.807, 2.05) is 12.3 Å². The Hall–Kier alpha value is -2.18. The van der Waals surface area contributed by atoms with Crippen LogP contribution in [0, 0.1) is 6.92 Å². The van der Waals surface area contributed by atoms with Gasteiger partial charge in [0.2, 0.25) is 5.95 Å². The fourth-order valence-corrected chi connectivity index (χ4v) is 4.08. The van der Waals surface area contributed by atoms with E-state index in [1.54, 1.807) is 0 Å². The van der Waals surface area contributed by atoms with Crippen molar-refractivity contribution in [1.82, 2.24) is 14.9 Å². The molecule has 0 spiro atoms. The van der Waals surface area contributed by atoms with Gasteiger partial charge >= 0.3 is 0 Å². The second-order valence-electron chi connectivity index (χ2n) is 7.94. The van der Waals surface area contributed by atoms with Crippen LogP contribution in [0.15, 0.2) is 36.5 Å². The normalized spacial score (nSPS) is 20.9. The number of likely N-dealkylation sites (N-methyl/N-ethyl adjacent to an activating group) is 1. The van der Waals surface area contributed by atoms with E-state index in [2.05, 4.69) is 57.9 Å². The molecule has 6 nitrogen and oxygen atoms in total. The first-order valence-electron chi connectivity index (χ1n) is 10.4. The number of aromatic nitrogens is 2. The third kappa shape index (κ3) is 4.62. The largest absolute Gasteiger partial charge is 0.378 e. The Morgan fingerprint density at radius 2 is 1.89 bits per heavy atom. The van der Waals surface area contributed by atoms with Crippen LogP contribution in [-0.4, -0.2) is 67.4 Å². The molecule has 6 heteroatoms. The van der Waals surface area contributed by atoms with Gasteiger partial charge in [-0.2, -0.15) is 4.98 Å². The van der Waals surface area contributed by atoms with Crippen LogP contribution in [0.1, 0.15) is 24.0 Å². The smallest absolute Gasteiger partial charge is 0.227 e. The quantitative estimate of drug-likeness (QED) is 0.794. The average molecular weight is 382 g/mol. The molecule has 2 aromatic rings. The van der Waals surface area contributed by atoms with E-state index in [1.165, 1.54) is 30.5 Å². The molecule has 28 heavy (non-hydrogen) atoms. The Morgan fingerprint density at radius 1 is 1.11 bits per heavy atom. The Balaban J connectivity index is 1.41. The molecule has 2 aliphatic heterocycles. The predicted molar refractivity (Wildman–Crippen MR) is 113 cm³/mol. The fourth-order valence-electron chi connectivity index (χ4n) is 4.08. The highest BCUT2D eigenvalue weighted by atomic mass is 16.5. The maximum atomic E-state index is 5.45. The lowest BCUT2D eigenvalue weighted by Crippen LogP contribution is -2.46. The van der Waals surface area contributed by atoms with Gasteiger partial charge in [-0.05, 0) is 37.9 Å². The predicted octanol–water partition coefficient (Wildman–Crippen LogP) is 2.72. The second kappa shape index (κ2) is 8.88. The molecule has 150 valence electrons. The first kappa shape index (κ1) is 19.2. The van der Waals surface area contributed by atoms with E-state index >= 15 is 0 Å². The number of hydrogen-bond donors (Lipinski definition) is 0. The van der Waals surface area contributed by atoms with Gasteiger partial charge in [-0.1, -0.05) is 29.8 Å². The number of likely N-dealkylation sites (tertiary alicyclic amines) is 1. The van der Waals surface area contributed by atoms with Crippen LogP contribution in [0.25, 0.3) is 0 Å². The maximum Gasteiger partial charge on any atom is 0.227 e. The van der Waals surface area contributed by atoms with Crippen molar-refractivity contribution in [2.75, 3.05) is 56.2 Å². The molecule has 0 radical (unpaired) electrons. The van der Waals surface area contributed by atoms with Crippen molar-refractivity contribution < 1.29 is 4.74 Å². The van der Waals surface area contributed by atoms with Gasteiger partial charge in [0.05, 0.1) is 13.2 Å². The third-order valence-electron chi connectivity index (χ3n) is 5.84. The molecule has 1 unspecified atom stereocenters. The first-order valence-corrected chi connectivity index (χ1v) is 10.4. The maximum absolute atomic E-state index is 5.45. The number of rotatable bonds is 5. The zero-order valence-electron chi connectivity index (χ0n) is 17.0. The molecule has 4 rings (SSSR count). The number of benzene rings is 1. The average Bonchev–Trinajstić information content (AvgIpc) is 2.76. The number of nitrogens with zero attached hydrogens (tertiary/aromatic N) is 5. The molecule has 2 saturated heterocycles. The molecule has 1 atom stereocenters. The van der Waals surface area contributed by atoms with Crippen LogP contribution < -0.4 is 9.80 Å². The van der Waals surface area contributed by atoms with E-state index in [-0.39, 0.29) is 0 Å². The van der Waals surface area contributed by atoms with Gasteiger partial charge in [0.25, 0.3) is 0 Å². The van der Waals surface area contributed by atoms with Gasteiger partial charge in [-0.3, -0.25) is 4.90 Å². The molecule has 2 fully saturated rings. The van der Waals surface area contributed by atoms with Crippen molar-refractivity contribution in [3.63, 3.8) is 0 Å². The van der Waals surface area contributed by atoms with Gasteiger partial charge < -0.3 is 14.5 Å². The van der Waals surface area contributed by atoms with Crippen molar-refractivity contribution in [3.8, 4) is 0 Å². The molecule has 1 aromatic heterocycles. The van der Waals surface area contributed by atoms with Crippen molar-refractivity contribution in [2.24, 2.45) is 0 Å². The summed E-state index contributed by atoms with van der Waals surface area (Å²) in [5.74, 6) is 1.83. The van der Waals surface area contributed by atoms with Crippen molar-refractivity contribution >= 4 is 11.8 Å². The molecule has 0 amide bonds. The van der Waals surface area contributed by atoms with Crippen LogP contribution in [0.3, 0.4) is 0 Å². The number of ether oxygens (including phenoxy) is 1. The molecular weight excluding hydrogens is 350 g/mol. The van der Waals surface area contributed by atoms with E-state index in [9.17, 15) is 0 Å². The molecule has 0 aliphatic carbocycles. The molecule has 3 heterocycles. The molecular formula is C22H31N5O. The van der Waals surface area contributed by atoms with Crippen molar-refractivity contribution in [2.45, 2.75) is 32.4 Å². The molecule has 2 aliphatic rings. The topological polar surface area (TPSA) is 44.7 Å². The summed E-state index contributed by atoms with van der Waals surface area (Å²) in [6.07, 6.45) is 4.32. The number of morpholine rings is 1. The summed E-state index contributed by atoms with van der Waals surface area (Å²) in [5, 5.41) is 0. The fraction of sp³-hybridized carbons (Fsp3) is 0.545. The Kier molecular flexibility index (Phi) is 6.07. The number of piperidine rings is 1. The van der Waals surface area contributed by atoms with Gasteiger partial charge in [-0.15, -0.1) is 0 Å². The number of anilines is 2. The highest BCUT2D eigenvalue weighted by Gasteiger charge is 2.25. The lowest BCUT2D eigenvalue weighted by Gasteiger charge is -2.38. The molecule has 0 bridgehead atoms. The van der Waals surface area contributed by atoms with Gasteiger partial charge in [0, 0.05) is 45.5 Å². The van der Waals surface area contributed by atoms with Gasteiger partial charge in [-0.25, -0.2) is 4.98 Å². The van der Waals surface area contributed by atoms with Gasteiger partial charge in [0.1, 0.15) is 5.82 Å². The summed E-state index contributed by atoms with van der Waals surface area (Å²) in [7, 11) is 2.17. The Labute approximate surface area is 168 Å². The zero-order chi connectivity index (χ0) is 19.3. The SMILES string of the molecule is Cc1ccc(CN2CCCC(N(C)c3ccnc(N4CCOCC4)n3)C2)cc1. The zero-order valence-corrected chi connectivity index (χ0v) is 17.0. The summed E-state index contributed by atoms with van der Waals surface area (Å²) >= 11 is 0. The molecule has 0 saturated carbocycles. The first-order chi connectivity index (χ1) is 13.7. The second-order valence-corrected chi connectivity index (χ2v) is 7.94.